The van der Waals surface area contributed by atoms with E-state index in [1.54, 1.807) is 0 Å². The molecule has 0 radical (unpaired) electrons. The standard InChI is InChI=1S/C8H16N2O2/c1-7(11)6-8(12)9-4-5-10(2)3/h4-6H2,1-3H3,(H,9,12). The minimum absolute atomic E-state index is 0.00652. The molecule has 0 bridgehead atoms. The Labute approximate surface area is 72.9 Å². The fourth-order valence-electron chi connectivity index (χ4n) is 0.708. The van der Waals surface area contributed by atoms with Crippen molar-refractivity contribution in [3.05, 3.63) is 0 Å². The number of amides is 1. The maximum Gasteiger partial charge on any atom is 0.227 e. The van der Waals surface area contributed by atoms with Crippen molar-refractivity contribution in [1.82, 2.24) is 10.2 Å². The summed E-state index contributed by atoms with van der Waals surface area (Å²) in [6.07, 6.45) is -0.00652. The second-order valence-corrected chi connectivity index (χ2v) is 3.03. The molecule has 0 aromatic carbocycles. The second-order valence-electron chi connectivity index (χ2n) is 3.03. The third-order valence-corrected chi connectivity index (χ3v) is 1.29. The van der Waals surface area contributed by atoms with E-state index in [0.29, 0.717) is 6.54 Å². The van der Waals surface area contributed by atoms with Gasteiger partial charge in [-0.25, -0.2) is 0 Å². The van der Waals surface area contributed by atoms with Gasteiger partial charge in [0, 0.05) is 13.1 Å². The van der Waals surface area contributed by atoms with E-state index in [9.17, 15) is 9.59 Å². The third-order valence-electron chi connectivity index (χ3n) is 1.29. The number of carbonyl (C=O) groups is 2. The zero-order chi connectivity index (χ0) is 9.56. The van der Waals surface area contributed by atoms with Crippen molar-refractivity contribution in [3.63, 3.8) is 0 Å². The lowest BCUT2D eigenvalue weighted by atomic mass is 10.3. The van der Waals surface area contributed by atoms with Crippen LogP contribution in [0, 0.1) is 0 Å². The number of carbonyl (C=O) groups excluding carboxylic acids is 2. The number of ketones is 1. The Bertz CT molecular complexity index is 166. The van der Waals surface area contributed by atoms with Gasteiger partial charge in [-0.1, -0.05) is 0 Å². The van der Waals surface area contributed by atoms with Gasteiger partial charge < -0.3 is 10.2 Å². The van der Waals surface area contributed by atoms with Gasteiger partial charge in [0.05, 0.1) is 6.42 Å². The monoisotopic (exact) mass is 172 g/mol. The Morgan fingerprint density at radius 3 is 2.33 bits per heavy atom. The average molecular weight is 172 g/mol. The first kappa shape index (κ1) is 11.1. The molecule has 0 fully saturated rings. The zero-order valence-electron chi connectivity index (χ0n) is 7.89. The van der Waals surface area contributed by atoms with Crippen LogP contribution in [0.15, 0.2) is 0 Å². The Hall–Kier alpha value is -0.900. The van der Waals surface area contributed by atoms with Gasteiger partial charge in [-0.05, 0) is 21.0 Å². The minimum atomic E-state index is -0.190. The van der Waals surface area contributed by atoms with Crippen LogP contribution in [0.2, 0.25) is 0 Å². The summed E-state index contributed by atoms with van der Waals surface area (Å²) in [5.74, 6) is -0.290. The molecule has 0 aliphatic carbocycles. The maximum absolute atomic E-state index is 10.9. The smallest absolute Gasteiger partial charge is 0.227 e. The predicted molar refractivity (Wildman–Crippen MR) is 46.9 cm³/mol. The quantitative estimate of drug-likeness (QED) is 0.576. The van der Waals surface area contributed by atoms with E-state index < -0.39 is 0 Å². The molecule has 1 N–H and O–H groups in total. The van der Waals surface area contributed by atoms with E-state index >= 15 is 0 Å². The molecule has 0 saturated heterocycles. The highest BCUT2D eigenvalue weighted by Crippen LogP contribution is 1.81. The van der Waals surface area contributed by atoms with Crippen LogP contribution in [0.3, 0.4) is 0 Å². The lowest BCUT2D eigenvalue weighted by Gasteiger charge is -2.09. The van der Waals surface area contributed by atoms with Gasteiger partial charge in [0.1, 0.15) is 5.78 Å². The molecular weight excluding hydrogens is 156 g/mol. The Kier molecular flexibility index (Phi) is 5.28. The first-order valence-corrected chi connectivity index (χ1v) is 3.93. The molecule has 0 unspecified atom stereocenters. The summed E-state index contributed by atoms with van der Waals surface area (Å²) < 4.78 is 0. The topological polar surface area (TPSA) is 49.4 Å². The Morgan fingerprint density at radius 2 is 1.92 bits per heavy atom. The van der Waals surface area contributed by atoms with Crippen LogP contribution in [0.4, 0.5) is 0 Å². The van der Waals surface area contributed by atoms with E-state index in [1.165, 1.54) is 6.92 Å². The van der Waals surface area contributed by atoms with Gasteiger partial charge in [0.15, 0.2) is 0 Å². The number of hydrogen-bond donors (Lipinski definition) is 1. The lowest BCUT2D eigenvalue weighted by molar-refractivity contribution is -0.127. The van der Waals surface area contributed by atoms with Crippen molar-refractivity contribution < 1.29 is 9.59 Å². The Morgan fingerprint density at radius 1 is 1.33 bits per heavy atom. The first-order chi connectivity index (χ1) is 5.52. The van der Waals surface area contributed by atoms with Crippen molar-refractivity contribution in [2.45, 2.75) is 13.3 Å². The van der Waals surface area contributed by atoms with Crippen LogP contribution in [0.25, 0.3) is 0 Å². The van der Waals surface area contributed by atoms with Gasteiger partial charge in [0.25, 0.3) is 0 Å². The molecule has 0 aromatic heterocycles. The van der Waals surface area contributed by atoms with E-state index in [0.717, 1.165) is 6.54 Å². The highest BCUT2D eigenvalue weighted by Gasteiger charge is 2.03. The maximum atomic E-state index is 10.9. The highest BCUT2D eigenvalue weighted by molar-refractivity contribution is 5.96. The average Bonchev–Trinajstić information content (AvgIpc) is 1.84. The van der Waals surface area contributed by atoms with Crippen molar-refractivity contribution >= 4 is 11.7 Å². The van der Waals surface area contributed by atoms with Crippen molar-refractivity contribution in [2.75, 3.05) is 27.2 Å². The summed E-state index contributed by atoms with van der Waals surface area (Å²) in [7, 11) is 3.86. The van der Waals surface area contributed by atoms with Crippen molar-refractivity contribution in [2.24, 2.45) is 0 Å². The molecule has 4 heteroatoms. The molecule has 0 aromatic rings. The minimum Gasteiger partial charge on any atom is -0.354 e. The molecule has 0 spiro atoms. The largest absolute Gasteiger partial charge is 0.354 e. The summed E-state index contributed by atoms with van der Waals surface area (Å²) in [4.78, 5) is 23.3. The number of nitrogens with zero attached hydrogens (tertiary/aromatic N) is 1. The number of likely N-dealkylation sites (N-methyl/N-ethyl adjacent to an activating group) is 1. The number of nitrogens with one attached hydrogen (secondary N) is 1. The van der Waals surface area contributed by atoms with E-state index in [2.05, 4.69) is 5.32 Å². The molecule has 4 nitrogen and oxygen atoms in total. The SMILES string of the molecule is CC(=O)CC(=O)NCCN(C)C. The summed E-state index contributed by atoms with van der Waals surface area (Å²) in [5, 5.41) is 2.64. The number of rotatable bonds is 5. The van der Waals surface area contributed by atoms with Crippen LogP contribution < -0.4 is 5.32 Å². The van der Waals surface area contributed by atoms with Crippen LogP contribution in [0.1, 0.15) is 13.3 Å². The second kappa shape index (κ2) is 5.71. The lowest BCUT2D eigenvalue weighted by Crippen LogP contribution is -2.32. The van der Waals surface area contributed by atoms with Gasteiger partial charge in [-0.15, -0.1) is 0 Å². The first-order valence-electron chi connectivity index (χ1n) is 3.93. The van der Waals surface area contributed by atoms with Gasteiger partial charge in [-0.3, -0.25) is 9.59 Å². The van der Waals surface area contributed by atoms with Gasteiger partial charge >= 0.3 is 0 Å². The number of Topliss-reactive ketones (excluding diaryl/α,β-unsaturated/α-hetero) is 1. The highest BCUT2D eigenvalue weighted by atomic mass is 16.2. The number of hydrogen-bond acceptors (Lipinski definition) is 3. The summed E-state index contributed by atoms with van der Waals surface area (Å²) in [6, 6.07) is 0. The van der Waals surface area contributed by atoms with Crippen LogP contribution in [0.5, 0.6) is 0 Å². The molecule has 0 aliphatic heterocycles. The molecular formula is C8H16N2O2. The van der Waals surface area contributed by atoms with Crippen LogP contribution >= 0.6 is 0 Å². The molecule has 0 saturated carbocycles. The fraction of sp³-hybridized carbons (Fsp3) is 0.750. The third kappa shape index (κ3) is 7.21. The summed E-state index contributed by atoms with van der Waals surface area (Å²) in [5.41, 5.74) is 0. The normalized spacial score (nSPS) is 10.0. The molecule has 0 atom stereocenters. The molecule has 1 amide bonds. The summed E-state index contributed by atoms with van der Waals surface area (Å²) >= 11 is 0. The zero-order valence-corrected chi connectivity index (χ0v) is 7.89. The predicted octanol–water partition coefficient (Wildman–Crippen LogP) is -0.357. The molecule has 12 heavy (non-hydrogen) atoms. The molecule has 0 heterocycles. The van der Waals surface area contributed by atoms with E-state index in [4.69, 9.17) is 0 Å². The van der Waals surface area contributed by atoms with E-state index in [-0.39, 0.29) is 18.1 Å². The molecule has 0 aliphatic rings. The summed E-state index contributed by atoms with van der Waals surface area (Å²) in [6.45, 7) is 2.80. The van der Waals surface area contributed by atoms with Crippen LogP contribution in [-0.2, 0) is 9.59 Å². The molecule has 0 rings (SSSR count). The van der Waals surface area contributed by atoms with Gasteiger partial charge in [0.2, 0.25) is 5.91 Å². The van der Waals surface area contributed by atoms with E-state index in [1.807, 2.05) is 19.0 Å². The fourth-order valence-corrected chi connectivity index (χ4v) is 0.708. The molecule has 70 valence electrons. The van der Waals surface area contributed by atoms with Gasteiger partial charge in [-0.2, -0.15) is 0 Å². The Balaban J connectivity index is 3.38. The van der Waals surface area contributed by atoms with Crippen LogP contribution in [-0.4, -0.2) is 43.8 Å². The van der Waals surface area contributed by atoms with Crippen molar-refractivity contribution in [1.29, 1.82) is 0 Å². The van der Waals surface area contributed by atoms with Crippen molar-refractivity contribution in [3.8, 4) is 0 Å².